The van der Waals surface area contributed by atoms with Gasteiger partial charge in [-0.15, -0.1) is 0 Å². The third kappa shape index (κ3) is 8.77. The van der Waals surface area contributed by atoms with Crippen molar-refractivity contribution in [1.82, 2.24) is 10.2 Å². The Hall–Kier alpha value is -3.02. The average molecular weight is 589 g/mol. The lowest BCUT2D eigenvalue weighted by molar-refractivity contribution is 0.255. The Morgan fingerprint density at radius 3 is 1.21 bits per heavy atom. The van der Waals surface area contributed by atoms with Crippen LogP contribution in [0.2, 0.25) is 0 Å². The quantitative estimate of drug-likeness (QED) is 0.189. The number of aryl methyl sites for hydroxylation is 3. The van der Waals surface area contributed by atoms with Gasteiger partial charge in [-0.05, 0) is 87.1 Å². The summed E-state index contributed by atoms with van der Waals surface area (Å²) in [6, 6.07) is 12.7. The van der Waals surface area contributed by atoms with E-state index in [1.165, 1.54) is 16.7 Å². The second kappa shape index (κ2) is 12.9. The molecule has 0 spiro atoms. The highest BCUT2D eigenvalue weighted by molar-refractivity contribution is 5.48. The number of benzene rings is 3. The zero-order valence-electron chi connectivity index (χ0n) is 28.8. The molecular weight excluding hydrogens is 532 g/mol. The number of hydrogen-bond acceptors (Lipinski definition) is 5. The number of nitrogens with one attached hydrogen (secondary N) is 1. The average Bonchev–Trinajstić information content (AvgIpc) is 2.85. The van der Waals surface area contributed by atoms with E-state index in [1.807, 2.05) is 20.8 Å². The maximum absolute atomic E-state index is 10.8. The second-order valence-corrected chi connectivity index (χ2v) is 15.6. The van der Waals surface area contributed by atoms with Gasteiger partial charge in [0.15, 0.2) is 0 Å². The fourth-order valence-corrected chi connectivity index (χ4v) is 5.76. The van der Waals surface area contributed by atoms with Crippen LogP contribution in [0.15, 0.2) is 36.4 Å². The Labute approximate surface area is 261 Å². The molecule has 0 aliphatic rings. The summed E-state index contributed by atoms with van der Waals surface area (Å²) in [5.41, 5.74) is 8.66. The van der Waals surface area contributed by atoms with Crippen LogP contribution >= 0.6 is 0 Å². The molecule has 0 atom stereocenters. The van der Waals surface area contributed by atoms with E-state index in [0.717, 1.165) is 66.1 Å². The van der Waals surface area contributed by atoms with Crippen LogP contribution in [0.1, 0.15) is 112 Å². The van der Waals surface area contributed by atoms with Crippen molar-refractivity contribution in [1.29, 1.82) is 0 Å². The van der Waals surface area contributed by atoms with Crippen LogP contribution in [0.3, 0.4) is 0 Å². The maximum Gasteiger partial charge on any atom is 0.122 e. The Kier molecular flexibility index (Phi) is 10.4. The molecular formula is C38H56N2O3. The van der Waals surface area contributed by atoms with Crippen LogP contribution in [-0.4, -0.2) is 33.3 Å². The monoisotopic (exact) mass is 588 g/mol. The van der Waals surface area contributed by atoms with Gasteiger partial charge in [0.25, 0.3) is 0 Å². The van der Waals surface area contributed by atoms with Gasteiger partial charge in [-0.2, -0.15) is 0 Å². The Bertz CT molecular complexity index is 1360. The van der Waals surface area contributed by atoms with E-state index in [9.17, 15) is 15.3 Å². The molecule has 0 saturated carbocycles. The number of phenols is 3. The highest BCUT2D eigenvalue weighted by Crippen LogP contribution is 2.37. The summed E-state index contributed by atoms with van der Waals surface area (Å²) in [5, 5.41) is 35.9. The summed E-state index contributed by atoms with van der Waals surface area (Å²) in [6.07, 6.45) is 0. The van der Waals surface area contributed by atoms with Crippen LogP contribution in [0.4, 0.5) is 0 Å². The molecule has 0 heterocycles. The number of hydrogen-bond donors (Lipinski definition) is 4. The molecule has 236 valence electrons. The van der Waals surface area contributed by atoms with Gasteiger partial charge < -0.3 is 20.6 Å². The first-order valence-corrected chi connectivity index (χ1v) is 15.6. The highest BCUT2D eigenvalue weighted by Gasteiger charge is 2.23. The minimum atomic E-state index is -0.166. The Balaban J connectivity index is 1.88. The molecule has 5 heteroatoms. The summed E-state index contributed by atoms with van der Waals surface area (Å²) in [6.45, 7) is 28.9. The fraction of sp³-hybridized carbons (Fsp3) is 0.526. The van der Waals surface area contributed by atoms with Gasteiger partial charge in [0, 0.05) is 32.7 Å². The first-order valence-electron chi connectivity index (χ1n) is 15.6. The third-order valence-electron chi connectivity index (χ3n) is 8.25. The van der Waals surface area contributed by atoms with E-state index in [0.29, 0.717) is 17.2 Å². The van der Waals surface area contributed by atoms with Gasteiger partial charge in [0.05, 0.1) is 0 Å². The molecule has 0 amide bonds. The van der Waals surface area contributed by atoms with Crippen LogP contribution < -0.4 is 5.32 Å². The van der Waals surface area contributed by atoms with Crippen LogP contribution in [0.25, 0.3) is 0 Å². The number of phenolic OH excluding ortho intramolecular Hbond substituents is 3. The summed E-state index contributed by atoms with van der Waals surface area (Å²) in [7, 11) is 0. The first-order chi connectivity index (χ1) is 19.7. The van der Waals surface area contributed by atoms with Crippen molar-refractivity contribution in [2.45, 2.75) is 119 Å². The number of aromatic hydroxyl groups is 3. The molecule has 0 aliphatic heterocycles. The normalized spacial score (nSPS) is 12.8. The van der Waals surface area contributed by atoms with Gasteiger partial charge >= 0.3 is 0 Å². The molecule has 0 aliphatic carbocycles. The van der Waals surface area contributed by atoms with E-state index in [4.69, 9.17) is 0 Å². The molecule has 0 fully saturated rings. The SMILES string of the molecule is Cc1cc(CNCCN(Cc2cc(C)c(O)c(C(C)(C)C)c2)Cc2cc(C)c(O)c(C(C)(C)C)c2)cc(C(C)(C)C)c1O. The smallest absolute Gasteiger partial charge is 0.122 e. The molecule has 0 aromatic heterocycles. The van der Waals surface area contributed by atoms with Crippen molar-refractivity contribution in [3.63, 3.8) is 0 Å². The molecule has 3 aromatic rings. The Morgan fingerprint density at radius 1 is 0.535 bits per heavy atom. The molecule has 4 N–H and O–H groups in total. The van der Waals surface area contributed by atoms with E-state index in [1.54, 1.807) is 0 Å². The molecule has 3 rings (SSSR count). The Morgan fingerprint density at radius 2 is 0.860 bits per heavy atom. The lowest BCUT2D eigenvalue weighted by Gasteiger charge is -2.28. The van der Waals surface area contributed by atoms with Crippen molar-refractivity contribution < 1.29 is 15.3 Å². The largest absolute Gasteiger partial charge is 0.507 e. The fourth-order valence-electron chi connectivity index (χ4n) is 5.76. The molecule has 3 aromatic carbocycles. The van der Waals surface area contributed by atoms with Gasteiger partial charge in [-0.3, -0.25) is 4.90 Å². The van der Waals surface area contributed by atoms with Crippen molar-refractivity contribution in [2.75, 3.05) is 13.1 Å². The molecule has 0 unspecified atom stereocenters. The van der Waals surface area contributed by atoms with E-state index < -0.39 is 0 Å². The zero-order chi connectivity index (χ0) is 32.5. The van der Waals surface area contributed by atoms with E-state index in [-0.39, 0.29) is 16.2 Å². The summed E-state index contributed by atoms with van der Waals surface area (Å²) < 4.78 is 0. The van der Waals surface area contributed by atoms with Gasteiger partial charge in [0.2, 0.25) is 0 Å². The second-order valence-electron chi connectivity index (χ2n) is 15.6. The first kappa shape index (κ1) is 34.5. The summed E-state index contributed by atoms with van der Waals surface area (Å²) >= 11 is 0. The van der Waals surface area contributed by atoms with Crippen molar-refractivity contribution in [2.24, 2.45) is 0 Å². The van der Waals surface area contributed by atoms with Crippen LogP contribution in [0, 0.1) is 20.8 Å². The van der Waals surface area contributed by atoms with Crippen molar-refractivity contribution in [3.8, 4) is 17.2 Å². The van der Waals surface area contributed by atoms with E-state index in [2.05, 4.69) is 109 Å². The molecule has 0 bridgehead atoms. The molecule has 5 nitrogen and oxygen atoms in total. The van der Waals surface area contributed by atoms with Crippen molar-refractivity contribution in [3.05, 3.63) is 86.5 Å². The molecule has 0 radical (unpaired) electrons. The minimum Gasteiger partial charge on any atom is -0.507 e. The minimum absolute atomic E-state index is 0.135. The predicted molar refractivity (Wildman–Crippen MR) is 180 cm³/mol. The molecule has 0 saturated heterocycles. The van der Waals surface area contributed by atoms with E-state index >= 15 is 0 Å². The van der Waals surface area contributed by atoms with Gasteiger partial charge in [0.1, 0.15) is 17.2 Å². The highest BCUT2D eigenvalue weighted by atomic mass is 16.3. The lowest BCUT2D eigenvalue weighted by atomic mass is 9.84. The number of nitrogens with zero attached hydrogens (tertiary/aromatic N) is 1. The van der Waals surface area contributed by atoms with Gasteiger partial charge in [-0.1, -0.05) is 98.7 Å². The zero-order valence-corrected chi connectivity index (χ0v) is 28.8. The maximum atomic E-state index is 10.8. The lowest BCUT2D eigenvalue weighted by Crippen LogP contribution is -2.32. The summed E-state index contributed by atoms with van der Waals surface area (Å²) in [5.74, 6) is 1.15. The predicted octanol–water partition coefficient (Wildman–Crippen LogP) is 8.41. The summed E-state index contributed by atoms with van der Waals surface area (Å²) in [4.78, 5) is 2.44. The topological polar surface area (TPSA) is 76.0 Å². The van der Waals surface area contributed by atoms with Crippen LogP contribution in [0.5, 0.6) is 17.2 Å². The van der Waals surface area contributed by atoms with Gasteiger partial charge in [-0.25, -0.2) is 0 Å². The number of rotatable bonds is 9. The molecule has 43 heavy (non-hydrogen) atoms. The standard InChI is InChI=1S/C38H56N2O3/c1-24-15-27(18-30(33(24)41)36(4,5)6)21-39-13-14-40(22-28-16-25(2)34(42)31(19-28)37(7,8)9)23-29-17-26(3)35(43)32(20-29)38(10,11)12/h15-20,39,41-43H,13-14,21-23H2,1-12H3. The van der Waals surface area contributed by atoms with Crippen LogP contribution in [-0.2, 0) is 35.9 Å². The van der Waals surface area contributed by atoms with Crippen molar-refractivity contribution >= 4 is 0 Å². The third-order valence-corrected chi connectivity index (χ3v) is 8.25.